The Labute approximate surface area is 208 Å². The highest BCUT2D eigenvalue weighted by Crippen LogP contribution is 2.66. The van der Waals surface area contributed by atoms with E-state index in [0.29, 0.717) is 19.6 Å². The summed E-state index contributed by atoms with van der Waals surface area (Å²) in [7, 11) is 0. The SMILES string of the molecule is C=CCN(CCC)C(=O)[C@@H]1[C@@H]2CCC3(S2)C(C(=O)N(CC=C)C(C)CCC)N(CCO)C(=O)[C@H]13. The number of hydrogen-bond donors (Lipinski definition) is 1. The van der Waals surface area contributed by atoms with E-state index in [1.165, 1.54) is 0 Å². The lowest BCUT2D eigenvalue weighted by molar-refractivity contribution is -0.145. The molecule has 3 fully saturated rings. The number of aliphatic hydroxyl groups excluding tert-OH is 1. The summed E-state index contributed by atoms with van der Waals surface area (Å²) in [5.74, 6) is -1.20. The van der Waals surface area contributed by atoms with Gasteiger partial charge in [-0.05, 0) is 32.6 Å². The number of β-amino-alcohol motifs (C(OH)–C–C–N with tert-alkyl or cyclic N) is 1. The number of carbonyl (C=O) groups excluding carboxylic acids is 3. The highest BCUT2D eigenvalue weighted by atomic mass is 32.2. The Morgan fingerprint density at radius 3 is 2.53 bits per heavy atom. The van der Waals surface area contributed by atoms with Crippen molar-refractivity contribution in [1.29, 1.82) is 0 Å². The zero-order chi connectivity index (χ0) is 25.0. The maximum absolute atomic E-state index is 14.1. The topological polar surface area (TPSA) is 81.2 Å². The molecule has 3 aliphatic heterocycles. The first-order chi connectivity index (χ1) is 16.3. The average Bonchev–Trinajstić information content (AvgIpc) is 3.44. The minimum Gasteiger partial charge on any atom is -0.395 e. The van der Waals surface area contributed by atoms with Crippen molar-refractivity contribution in [2.45, 2.75) is 75.0 Å². The number of thioether (sulfide) groups is 1. The van der Waals surface area contributed by atoms with Gasteiger partial charge in [-0.25, -0.2) is 0 Å². The number of carbonyl (C=O) groups is 3. The molecule has 0 aromatic carbocycles. The van der Waals surface area contributed by atoms with E-state index in [-0.39, 0.29) is 42.2 Å². The van der Waals surface area contributed by atoms with Gasteiger partial charge in [-0.2, -0.15) is 0 Å². The van der Waals surface area contributed by atoms with E-state index in [0.717, 1.165) is 32.1 Å². The molecule has 3 heterocycles. The molecule has 0 radical (unpaired) electrons. The van der Waals surface area contributed by atoms with Gasteiger partial charge in [0, 0.05) is 37.5 Å². The minimum absolute atomic E-state index is 0.00137. The Morgan fingerprint density at radius 1 is 1.24 bits per heavy atom. The molecule has 1 N–H and O–H groups in total. The predicted molar refractivity (Wildman–Crippen MR) is 136 cm³/mol. The number of rotatable bonds is 13. The summed E-state index contributed by atoms with van der Waals surface area (Å²) in [6, 6.07) is -0.645. The molecule has 2 bridgehead atoms. The quantitative estimate of drug-likeness (QED) is 0.401. The molecule has 6 atom stereocenters. The first kappa shape index (κ1) is 26.8. The van der Waals surface area contributed by atoms with Gasteiger partial charge < -0.3 is 19.8 Å². The standard InChI is InChI=1S/C26H41N3O4S/c1-6-10-18(5)28(15-9-4)25(33)22-26-12-11-19(34-26)20(21(26)24(32)29(22)16-17-30)23(31)27(13-7-2)14-8-3/h7,9,18-22,30H,2,4,6,8,10-17H2,1,3,5H3/t18?,19-,20+,21-,22?,26?/m0/s1. The lowest BCUT2D eigenvalue weighted by Gasteiger charge is -2.39. The van der Waals surface area contributed by atoms with Crippen molar-refractivity contribution >= 4 is 29.5 Å². The molecule has 3 rings (SSSR count). The Morgan fingerprint density at radius 2 is 1.94 bits per heavy atom. The molecule has 0 saturated carbocycles. The summed E-state index contributed by atoms with van der Waals surface area (Å²) in [6.45, 7) is 15.2. The highest BCUT2D eigenvalue weighted by Gasteiger charge is 2.74. The van der Waals surface area contributed by atoms with Crippen LogP contribution in [0, 0.1) is 11.8 Å². The average molecular weight is 492 g/mol. The van der Waals surface area contributed by atoms with Crippen LogP contribution in [0.3, 0.4) is 0 Å². The Kier molecular flexibility index (Phi) is 8.90. The Balaban J connectivity index is 2.01. The highest BCUT2D eigenvalue weighted by molar-refractivity contribution is 8.02. The van der Waals surface area contributed by atoms with Crippen molar-refractivity contribution in [1.82, 2.24) is 14.7 Å². The monoisotopic (exact) mass is 491 g/mol. The second kappa shape index (κ2) is 11.3. The third kappa shape index (κ3) is 4.43. The van der Waals surface area contributed by atoms with Crippen molar-refractivity contribution in [3.05, 3.63) is 25.3 Å². The van der Waals surface area contributed by atoms with Gasteiger partial charge in [0.05, 0.1) is 23.2 Å². The van der Waals surface area contributed by atoms with Gasteiger partial charge >= 0.3 is 0 Å². The summed E-state index contributed by atoms with van der Waals surface area (Å²) in [5, 5.41) is 9.82. The molecular weight excluding hydrogens is 450 g/mol. The number of fused-ring (bicyclic) bond motifs is 1. The van der Waals surface area contributed by atoms with Crippen LogP contribution >= 0.6 is 11.8 Å². The molecule has 0 aliphatic carbocycles. The maximum Gasteiger partial charge on any atom is 0.247 e. The molecule has 3 saturated heterocycles. The summed E-state index contributed by atoms with van der Waals surface area (Å²) < 4.78 is -0.619. The Bertz CT molecular complexity index is 805. The zero-order valence-electron chi connectivity index (χ0n) is 20.9. The van der Waals surface area contributed by atoms with Crippen molar-refractivity contribution in [3.63, 3.8) is 0 Å². The summed E-state index contributed by atoms with van der Waals surface area (Å²) in [6.07, 6.45) is 7.66. The van der Waals surface area contributed by atoms with Crippen LogP contribution in [0.15, 0.2) is 25.3 Å². The lowest BCUT2D eigenvalue weighted by atomic mass is 9.70. The van der Waals surface area contributed by atoms with Crippen LogP contribution in [0.2, 0.25) is 0 Å². The van der Waals surface area contributed by atoms with Gasteiger partial charge in [0.1, 0.15) is 6.04 Å². The summed E-state index contributed by atoms with van der Waals surface area (Å²) in [4.78, 5) is 46.9. The van der Waals surface area contributed by atoms with Crippen molar-refractivity contribution in [2.75, 3.05) is 32.8 Å². The van der Waals surface area contributed by atoms with Crippen molar-refractivity contribution in [3.8, 4) is 0 Å². The number of aliphatic hydroxyl groups is 1. The molecule has 8 heteroatoms. The molecule has 3 unspecified atom stereocenters. The van der Waals surface area contributed by atoms with Crippen molar-refractivity contribution < 1.29 is 19.5 Å². The van der Waals surface area contributed by atoms with E-state index in [4.69, 9.17) is 0 Å². The second-order valence-corrected chi connectivity index (χ2v) is 11.4. The number of nitrogens with zero attached hydrogens (tertiary/aromatic N) is 3. The third-order valence-electron chi connectivity index (χ3n) is 7.66. The fourth-order valence-corrected chi connectivity index (χ4v) is 8.55. The fourth-order valence-electron chi connectivity index (χ4n) is 6.35. The molecular formula is C26H41N3O4S. The lowest BCUT2D eigenvalue weighted by Crippen LogP contribution is -2.57. The largest absolute Gasteiger partial charge is 0.395 e. The van der Waals surface area contributed by atoms with E-state index < -0.39 is 22.6 Å². The first-order valence-electron chi connectivity index (χ1n) is 12.7. The molecule has 3 amide bonds. The van der Waals surface area contributed by atoms with Crippen LogP contribution in [-0.4, -0.2) is 92.4 Å². The number of amides is 3. The molecule has 0 aromatic rings. The molecule has 190 valence electrons. The van der Waals surface area contributed by atoms with Crippen LogP contribution in [0.25, 0.3) is 0 Å². The zero-order valence-corrected chi connectivity index (χ0v) is 21.8. The van der Waals surface area contributed by atoms with Crippen LogP contribution < -0.4 is 0 Å². The van der Waals surface area contributed by atoms with Gasteiger partial charge in [-0.15, -0.1) is 24.9 Å². The van der Waals surface area contributed by atoms with Gasteiger partial charge in [0.25, 0.3) is 0 Å². The molecule has 34 heavy (non-hydrogen) atoms. The number of likely N-dealkylation sites (tertiary alicyclic amines) is 1. The minimum atomic E-state index is -0.664. The summed E-state index contributed by atoms with van der Waals surface area (Å²) in [5.41, 5.74) is 0. The van der Waals surface area contributed by atoms with Crippen LogP contribution in [-0.2, 0) is 14.4 Å². The van der Waals surface area contributed by atoms with E-state index in [2.05, 4.69) is 20.1 Å². The molecule has 1 spiro atoms. The fraction of sp³-hybridized carbons (Fsp3) is 0.731. The van der Waals surface area contributed by atoms with Crippen molar-refractivity contribution in [2.24, 2.45) is 11.8 Å². The normalized spacial score (nSPS) is 30.2. The van der Waals surface area contributed by atoms with Gasteiger partial charge in [0.2, 0.25) is 17.7 Å². The number of hydrogen-bond acceptors (Lipinski definition) is 5. The van der Waals surface area contributed by atoms with Gasteiger partial charge in [0.15, 0.2) is 0 Å². The van der Waals surface area contributed by atoms with E-state index in [9.17, 15) is 19.5 Å². The smallest absolute Gasteiger partial charge is 0.247 e. The predicted octanol–water partition coefficient (Wildman–Crippen LogP) is 2.70. The van der Waals surface area contributed by atoms with E-state index >= 15 is 0 Å². The molecule has 3 aliphatic rings. The first-order valence-corrected chi connectivity index (χ1v) is 13.6. The van der Waals surface area contributed by atoms with Crippen LogP contribution in [0.5, 0.6) is 0 Å². The third-order valence-corrected chi connectivity index (χ3v) is 9.61. The van der Waals surface area contributed by atoms with E-state index in [1.807, 2.05) is 18.7 Å². The Hall–Kier alpha value is -1.80. The summed E-state index contributed by atoms with van der Waals surface area (Å²) >= 11 is 1.68. The van der Waals surface area contributed by atoms with Crippen LogP contribution in [0.4, 0.5) is 0 Å². The van der Waals surface area contributed by atoms with Gasteiger partial charge in [-0.3, -0.25) is 14.4 Å². The van der Waals surface area contributed by atoms with Gasteiger partial charge in [-0.1, -0.05) is 32.4 Å². The van der Waals surface area contributed by atoms with Crippen LogP contribution in [0.1, 0.15) is 52.9 Å². The maximum atomic E-state index is 14.1. The molecule has 0 aromatic heterocycles. The molecule has 7 nitrogen and oxygen atoms in total. The second-order valence-electron chi connectivity index (χ2n) is 9.80. The van der Waals surface area contributed by atoms with E-state index in [1.54, 1.807) is 33.7 Å².